The number of amides is 3. The van der Waals surface area contributed by atoms with Crippen molar-refractivity contribution in [3.05, 3.63) is 77.7 Å². The van der Waals surface area contributed by atoms with E-state index in [1.807, 2.05) is 50.2 Å². The van der Waals surface area contributed by atoms with Gasteiger partial charge in [-0.2, -0.15) is 0 Å². The molecule has 0 atom stereocenters. The fourth-order valence-electron chi connectivity index (χ4n) is 3.47. The minimum atomic E-state index is -0.275. The predicted octanol–water partition coefficient (Wildman–Crippen LogP) is 4.34. The van der Waals surface area contributed by atoms with E-state index in [0.717, 1.165) is 11.3 Å². The number of nitrogens with zero attached hydrogens (tertiary/aromatic N) is 2. The van der Waals surface area contributed by atoms with Gasteiger partial charge in [-0.05, 0) is 67.1 Å². The number of benzene rings is 2. The number of rotatable bonds is 9. The molecule has 0 aliphatic carbocycles. The average Bonchev–Trinajstić information content (AvgIpc) is 3.31. The Labute approximate surface area is 194 Å². The minimum absolute atomic E-state index is 0.138. The molecule has 0 fully saturated rings. The van der Waals surface area contributed by atoms with E-state index >= 15 is 0 Å². The third kappa shape index (κ3) is 6.29. The smallest absolute Gasteiger partial charge is 0.319 e. The zero-order valence-corrected chi connectivity index (χ0v) is 19.4. The highest BCUT2D eigenvalue weighted by molar-refractivity contribution is 5.94. The number of hydrogen-bond acceptors (Lipinski definition) is 5. The molecule has 8 nitrogen and oxygen atoms in total. The first kappa shape index (κ1) is 23.7. The summed E-state index contributed by atoms with van der Waals surface area (Å²) >= 11 is 0. The number of carbonyl (C=O) groups excluding carboxylic acids is 2. The Kier molecular flexibility index (Phi) is 7.96. The maximum Gasteiger partial charge on any atom is 0.319 e. The zero-order valence-electron chi connectivity index (χ0n) is 19.4. The molecule has 0 saturated carbocycles. The van der Waals surface area contributed by atoms with Crippen LogP contribution in [0, 0.1) is 0 Å². The fraction of sp³-hybridized carbons (Fsp3) is 0.280. The van der Waals surface area contributed by atoms with Crippen LogP contribution in [0.25, 0.3) is 0 Å². The van der Waals surface area contributed by atoms with E-state index in [2.05, 4.69) is 10.6 Å². The molecule has 33 heavy (non-hydrogen) atoms. The Morgan fingerprint density at radius 2 is 1.79 bits per heavy atom. The molecule has 3 rings (SSSR count). The van der Waals surface area contributed by atoms with Crippen LogP contribution in [0.2, 0.25) is 0 Å². The van der Waals surface area contributed by atoms with Gasteiger partial charge in [-0.15, -0.1) is 0 Å². The van der Waals surface area contributed by atoms with Gasteiger partial charge in [0.25, 0.3) is 5.91 Å². The van der Waals surface area contributed by atoms with Crippen molar-refractivity contribution in [1.29, 1.82) is 0 Å². The van der Waals surface area contributed by atoms with Gasteiger partial charge in [0.05, 0.1) is 19.9 Å². The van der Waals surface area contributed by atoms with Gasteiger partial charge < -0.3 is 29.6 Å². The molecule has 174 valence electrons. The maximum absolute atomic E-state index is 13.5. The number of nitrogens with one attached hydrogen (secondary N) is 2. The zero-order chi connectivity index (χ0) is 23.8. The van der Waals surface area contributed by atoms with Crippen LogP contribution in [0.4, 0.5) is 16.2 Å². The van der Waals surface area contributed by atoms with E-state index in [0.29, 0.717) is 42.4 Å². The molecule has 0 saturated heterocycles. The molecular formula is C25H30N4O4. The molecule has 0 aliphatic heterocycles. The molecule has 3 amide bonds. The summed E-state index contributed by atoms with van der Waals surface area (Å²) in [5.41, 5.74) is 3.04. The highest BCUT2D eigenvalue weighted by Gasteiger charge is 2.20. The van der Waals surface area contributed by atoms with Gasteiger partial charge in [-0.25, -0.2) is 4.79 Å². The van der Waals surface area contributed by atoms with Crippen LogP contribution in [0.1, 0.15) is 28.6 Å². The molecule has 3 aromatic rings. The SMILES string of the molecule is CCNC(=O)Nc1ccc(N(C)C)c(CN(Cc2ccco2)C(=O)c2ccc(OC)cc2)c1. The largest absolute Gasteiger partial charge is 0.497 e. The summed E-state index contributed by atoms with van der Waals surface area (Å²) in [5.74, 6) is 1.23. The van der Waals surface area contributed by atoms with Crippen molar-refractivity contribution in [1.82, 2.24) is 10.2 Å². The number of carbonyl (C=O) groups is 2. The molecule has 8 heteroatoms. The molecule has 0 radical (unpaired) electrons. The lowest BCUT2D eigenvalue weighted by Gasteiger charge is -2.26. The minimum Gasteiger partial charge on any atom is -0.497 e. The fourth-order valence-corrected chi connectivity index (χ4v) is 3.47. The van der Waals surface area contributed by atoms with Crippen molar-refractivity contribution in [2.75, 3.05) is 38.0 Å². The molecule has 0 spiro atoms. The van der Waals surface area contributed by atoms with Crippen molar-refractivity contribution >= 4 is 23.3 Å². The number of anilines is 2. The van der Waals surface area contributed by atoms with Crippen LogP contribution >= 0.6 is 0 Å². The number of hydrogen-bond donors (Lipinski definition) is 2. The monoisotopic (exact) mass is 450 g/mol. The Hall–Kier alpha value is -3.94. The summed E-state index contributed by atoms with van der Waals surface area (Å²) in [7, 11) is 5.47. The van der Waals surface area contributed by atoms with E-state index in [4.69, 9.17) is 9.15 Å². The van der Waals surface area contributed by atoms with E-state index < -0.39 is 0 Å². The quantitative estimate of drug-likeness (QED) is 0.507. The Bertz CT molecular complexity index is 1060. The first-order valence-corrected chi connectivity index (χ1v) is 10.7. The van der Waals surface area contributed by atoms with Crippen molar-refractivity contribution < 1.29 is 18.7 Å². The van der Waals surface area contributed by atoms with Gasteiger partial charge in [0.15, 0.2) is 0 Å². The van der Waals surface area contributed by atoms with Crippen molar-refractivity contribution in [3.63, 3.8) is 0 Å². The van der Waals surface area contributed by atoms with E-state index in [1.165, 1.54) is 0 Å². The van der Waals surface area contributed by atoms with Gasteiger partial charge >= 0.3 is 6.03 Å². The van der Waals surface area contributed by atoms with Crippen molar-refractivity contribution in [3.8, 4) is 5.75 Å². The molecule has 2 N–H and O–H groups in total. The summed E-state index contributed by atoms with van der Waals surface area (Å²) < 4.78 is 10.7. The van der Waals surface area contributed by atoms with Crippen LogP contribution in [-0.2, 0) is 13.1 Å². The molecule has 0 aliphatic rings. The maximum atomic E-state index is 13.5. The number of methoxy groups -OCH3 is 1. The van der Waals surface area contributed by atoms with Crippen LogP contribution in [0.15, 0.2) is 65.3 Å². The van der Waals surface area contributed by atoms with Crippen molar-refractivity contribution in [2.45, 2.75) is 20.0 Å². The molecule has 1 aromatic heterocycles. The lowest BCUT2D eigenvalue weighted by molar-refractivity contribution is 0.0718. The second-order valence-corrected chi connectivity index (χ2v) is 7.69. The molecular weight excluding hydrogens is 420 g/mol. The summed E-state index contributed by atoms with van der Waals surface area (Å²) in [6.07, 6.45) is 1.59. The summed E-state index contributed by atoms with van der Waals surface area (Å²) in [4.78, 5) is 29.2. The third-order valence-corrected chi connectivity index (χ3v) is 5.07. The van der Waals surface area contributed by atoms with Gasteiger partial charge in [-0.1, -0.05) is 0 Å². The van der Waals surface area contributed by atoms with Gasteiger partial charge in [0.1, 0.15) is 11.5 Å². The lowest BCUT2D eigenvalue weighted by Crippen LogP contribution is -2.31. The Balaban J connectivity index is 1.93. The number of furan rings is 1. The van der Waals surface area contributed by atoms with Crippen LogP contribution in [0.3, 0.4) is 0 Å². The van der Waals surface area contributed by atoms with Gasteiger partial charge in [0.2, 0.25) is 0 Å². The Morgan fingerprint density at radius 1 is 1.03 bits per heavy atom. The van der Waals surface area contributed by atoms with Crippen LogP contribution in [-0.4, -0.2) is 44.6 Å². The van der Waals surface area contributed by atoms with Crippen LogP contribution in [0.5, 0.6) is 5.75 Å². The molecule has 0 unspecified atom stereocenters. The number of urea groups is 1. The average molecular weight is 451 g/mol. The summed E-state index contributed by atoms with van der Waals surface area (Å²) in [5, 5.41) is 5.56. The second kappa shape index (κ2) is 11.1. The van der Waals surface area contributed by atoms with E-state index in [1.54, 1.807) is 48.6 Å². The standard InChI is InChI=1S/C25H30N4O4/c1-5-26-25(31)27-20-10-13-23(28(2)3)19(15-20)16-29(17-22-7-6-14-33-22)24(30)18-8-11-21(32-4)12-9-18/h6-15H,5,16-17H2,1-4H3,(H2,26,27,31). The molecule has 2 aromatic carbocycles. The van der Waals surface area contributed by atoms with E-state index in [9.17, 15) is 9.59 Å². The van der Waals surface area contributed by atoms with Gasteiger partial charge in [-0.3, -0.25) is 4.79 Å². The van der Waals surface area contributed by atoms with Gasteiger partial charge in [0, 0.05) is 44.1 Å². The topological polar surface area (TPSA) is 87.1 Å². The normalized spacial score (nSPS) is 10.4. The van der Waals surface area contributed by atoms with Crippen molar-refractivity contribution in [2.24, 2.45) is 0 Å². The van der Waals surface area contributed by atoms with Crippen LogP contribution < -0.4 is 20.3 Å². The van der Waals surface area contributed by atoms with E-state index in [-0.39, 0.29) is 11.9 Å². The highest BCUT2D eigenvalue weighted by Crippen LogP contribution is 2.26. The first-order valence-electron chi connectivity index (χ1n) is 10.7. The number of ether oxygens (including phenoxy) is 1. The Morgan fingerprint density at radius 3 is 2.39 bits per heavy atom. The molecule has 0 bridgehead atoms. The first-order chi connectivity index (χ1) is 15.9. The summed E-state index contributed by atoms with van der Waals surface area (Å²) in [6.45, 7) is 3.02. The lowest BCUT2D eigenvalue weighted by atomic mass is 10.1. The third-order valence-electron chi connectivity index (χ3n) is 5.07. The highest BCUT2D eigenvalue weighted by atomic mass is 16.5. The second-order valence-electron chi connectivity index (χ2n) is 7.69. The molecule has 1 heterocycles. The predicted molar refractivity (Wildman–Crippen MR) is 129 cm³/mol. The summed E-state index contributed by atoms with van der Waals surface area (Å²) in [6, 6.07) is 16.1.